The summed E-state index contributed by atoms with van der Waals surface area (Å²) in [6, 6.07) is 7.93. The normalized spacial score (nSPS) is 8.00. The number of nitro benzene ring substituents is 1. The van der Waals surface area contributed by atoms with E-state index in [2.05, 4.69) is 0 Å². The molecule has 0 heterocycles. The minimum absolute atomic E-state index is 0. The summed E-state index contributed by atoms with van der Waals surface area (Å²) in [6.45, 7) is 0. The van der Waals surface area contributed by atoms with E-state index >= 15 is 0 Å². The van der Waals surface area contributed by atoms with Gasteiger partial charge in [0.2, 0.25) is 0 Å². The quantitative estimate of drug-likeness (QED) is 0.344. The van der Waals surface area contributed by atoms with Crippen LogP contribution in [0.5, 0.6) is 0 Å². The summed E-state index contributed by atoms with van der Waals surface area (Å²) in [7, 11) is 0. The van der Waals surface area contributed by atoms with Gasteiger partial charge in [0.05, 0.1) is 4.92 Å². The van der Waals surface area contributed by atoms with Crippen LogP contribution in [0, 0.1) is 10.1 Å². The Morgan fingerprint density at radius 3 is 2.10 bits per heavy atom. The Hall–Kier alpha value is -0.614. The molecule has 0 fully saturated rings. The van der Waals surface area contributed by atoms with Crippen molar-refractivity contribution in [1.29, 1.82) is 0 Å². The summed E-state index contributed by atoms with van der Waals surface area (Å²) in [5.41, 5.74) is 0.137. The number of nitro groups is 1. The topological polar surface area (TPSA) is 43.1 Å². The largest absolute Gasteiger partial charge is 2.00 e. The van der Waals surface area contributed by atoms with E-state index in [1.807, 2.05) is 0 Å². The molecule has 10 heavy (non-hydrogen) atoms. The van der Waals surface area contributed by atoms with Crippen molar-refractivity contribution in [3.05, 3.63) is 40.4 Å². The van der Waals surface area contributed by atoms with E-state index in [4.69, 9.17) is 0 Å². The van der Waals surface area contributed by atoms with Crippen LogP contribution in [0.1, 0.15) is 2.85 Å². The van der Waals surface area contributed by atoms with E-state index in [-0.39, 0.29) is 31.6 Å². The Morgan fingerprint density at radius 2 is 1.80 bits per heavy atom. The molecule has 0 atom stereocenters. The Kier molecular flexibility index (Phi) is 3.98. The molecule has 50 valence electrons. The smallest absolute Gasteiger partial charge is 1.00 e. The molecule has 0 bridgehead atoms. The number of nitrogens with zero attached hydrogens (tertiary/aromatic N) is 1. The zero-order valence-corrected chi connectivity index (χ0v) is 6.77. The maximum Gasteiger partial charge on any atom is 2.00 e. The third kappa shape index (κ3) is 2.32. The predicted octanol–water partition coefficient (Wildman–Crippen LogP) is 1.44. The number of hydrogen-bond donors (Lipinski definition) is 0. The molecular weight excluding hydrogens is 142 g/mol. The molecule has 1 rings (SSSR count). The first kappa shape index (κ1) is 9.39. The SMILES string of the molecule is O=[N+]([O-])c1ccccc1.[H-].[H-].[Mg+2]. The molecule has 0 aliphatic rings. The zero-order chi connectivity index (χ0) is 6.69. The minimum Gasteiger partial charge on any atom is -1.00 e. The van der Waals surface area contributed by atoms with Gasteiger partial charge in [-0.05, 0) is 0 Å². The molecule has 0 aliphatic heterocycles. The maximum atomic E-state index is 10.0. The van der Waals surface area contributed by atoms with Gasteiger partial charge in [-0.1, -0.05) is 18.2 Å². The summed E-state index contributed by atoms with van der Waals surface area (Å²) in [6.07, 6.45) is 0. The molecule has 0 aromatic heterocycles. The average Bonchev–Trinajstić information content (AvgIpc) is 1.90. The molecule has 0 unspecified atom stereocenters. The van der Waals surface area contributed by atoms with Crippen LogP contribution in [0.25, 0.3) is 0 Å². The molecule has 4 heteroatoms. The van der Waals surface area contributed by atoms with Gasteiger partial charge in [-0.15, -0.1) is 0 Å². The van der Waals surface area contributed by atoms with Gasteiger partial charge in [0.25, 0.3) is 5.69 Å². The summed E-state index contributed by atoms with van der Waals surface area (Å²) in [5.74, 6) is 0. The Labute approximate surface area is 77.3 Å². The van der Waals surface area contributed by atoms with Crippen LogP contribution in [0.15, 0.2) is 30.3 Å². The molecule has 0 amide bonds. The van der Waals surface area contributed by atoms with Crippen molar-refractivity contribution in [2.75, 3.05) is 0 Å². The van der Waals surface area contributed by atoms with Crippen molar-refractivity contribution in [3.63, 3.8) is 0 Å². The number of hydrogen-bond acceptors (Lipinski definition) is 2. The van der Waals surface area contributed by atoms with E-state index in [0.29, 0.717) is 0 Å². The van der Waals surface area contributed by atoms with Gasteiger partial charge < -0.3 is 2.85 Å². The fourth-order valence-corrected chi connectivity index (χ4v) is 0.550. The first-order chi connectivity index (χ1) is 4.30. The van der Waals surface area contributed by atoms with Crippen LogP contribution < -0.4 is 0 Å². The van der Waals surface area contributed by atoms with Gasteiger partial charge in [-0.2, -0.15) is 0 Å². The van der Waals surface area contributed by atoms with Gasteiger partial charge in [0.1, 0.15) is 0 Å². The minimum atomic E-state index is -0.417. The molecule has 1 aromatic rings. The van der Waals surface area contributed by atoms with Gasteiger partial charge in [0, 0.05) is 12.1 Å². The fraction of sp³-hybridized carbons (Fsp3) is 0. The first-order valence-corrected chi connectivity index (χ1v) is 2.50. The van der Waals surface area contributed by atoms with E-state index in [0.717, 1.165) is 0 Å². The molecule has 0 aliphatic carbocycles. The van der Waals surface area contributed by atoms with E-state index in [9.17, 15) is 10.1 Å². The van der Waals surface area contributed by atoms with Gasteiger partial charge in [-0.25, -0.2) is 0 Å². The molecule has 0 N–H and O–H groups in total. The molecule has 0 radical (unpaired) electrons. The molecule has 1 aromatic carbocycles. The fourth-order valence-electron chi connectivity index (χ4n) is 0.550. The summed E-state index contributed by atoms with van der Waals surface area (Å²) >= 11 is 0. The van der Waals surface area contributed by atoms with Crippen molar-refractivity contribution in [2.45, 2.75) is 0 Å². The van der Waals surface area contributed by atoms with Crippen molar-refractivity contribution in [1.82, 2.24) is 0 Å². The van der Waals surface area contributed by atoms with Crippen LogP contribution in [-0.4, -0.2) is 28.0 Å². The third-order valence-electron chi connectivity index (χ3n) is 0.967. The zero-order valence-electron chi connectivity index (χ0n) is 7.36. The average molecular weight is 149 g/mol. The van der Waals surface area contributed by atoms with Crippen molar-refractivity contribution >= 4 is 28.7 Å². The molecular formula is C6H7MgNO2. The molecule has 0 saturated carbocycles. The second kappa shape index (κ2) is 4.24. The van der Waals surface area contributed by atoms with Crippen LogP contribution >= 0.6 is 0 Å². The van der Waals surface area contributed by atoms with Crippen LogP contribution in [-0.2, 0) is 0 Å². The van der Waals surface area contributed by atoms with Crippen LogP contribution in [0.2, 0.25) is 0 Å². The standard InChI is InChI=1S/C6H5NO2.Mg.2H/c8-7(9)6-4-2-1-3-5-6;;;/h1-5H;;;/q;+2;2*-1. The summed E-state index contributed by atoms with van der Waals surface area (Å²) in [4.78, 5) is 9.59. The van der Waals surface area contributed by atoms with Crippen molar-refractivity contribution < 1.29 is 7.78 Å². The number of non-ortho nitro benzene ring substituents is 1. The number of benzene rings is 1. The predicted molar refractivity (Wildman–Crippen MR) is 41.1 cm³/mol. The van der Waals surface area contributed by atoms with Gasteiger partial charge in [-0.3, -0.25) is 10.1 Å². The number of rotatable bonds is 1. The van der Waals surface area contributed by atoms with Crippen LogP contribution in [0.3, 0.4) is 0 Å². The van der Waals surface area contributed by atoms with Crippen molar-refractivity contribution in [3.8, 4) is 0 Å². The van der Waals surface area contributed by atoms with E-state index < -0.39 is 4.92 Å². The molecule has 0 saturated heterocycles. The molecule has 3 nitrogen and oxygen atoms in total. The summed E-state index contributed by atoms with van der Waals surface area (Å²) in [5, 5.41) is 10.0. The Morgan fingerprint density at radius 1 is 1.30 bits per heavy atom. The Bertz CT molecular complexity index is 220. The summed E-state index contributed by atoms with van der Waals surface area (Å²) < 4.78 is 0. The van der Waals surface area contributed by atoms with Crippen LogP contribution in [0.4, 0.5) is 5.69 Å². The van der Waals surface area contributed by atoms with Gasteiger partial charge in [0.15, 0.2) is 0 Å². The van der Waals surface area contributed by atoms with E-state index in [1.165, 1.54) is 12.1 Å². The number of para-hydroxylation sites is 1. The van der Waals surface area contributed by atoms with E-state index in [1.54, 1.807) is 18.2 Å². The molecule has 0 spiro atoms. The first-order valence-electron chi connectivity index (χ1n) is 2.50. The monoisotopic (exact) mass is 149 g/mol. The second-order valence-corrected chi connectivity index (χ2v) is 1.59. The Balaban J connectivity index is -0.000000270. The third-order valence-corrected chi connectivity index (χ3v) is 0.967. The maximum absolute atomic E-state index is 10.0. The second-order valence-electron chi connectivity index (χ2n) is 1.59. The van der Waals surface area contributed by atoms with Crippen molar-refractivity contribution in [2.24, 2.45) is 0 Å². The van der Waals surface area contributed by atoms with Gasteiger partial charge >= 0.3 is 23.1 Å².